The zero-order valence-corrected chi connectivity index (χ0v) is 11.1. The number of halogens is 2. The maximum atomic E-state index is 13.0. The van der Waals surface area contributed by atoms with Gasteiger partial charge < -0.3 is 5.32 Å². The summed E-state index contributed by atoms with van der Waals surface area (Å²) in [5, 5.41) is 4.04. The minimum Gasteiger partial charge on any atom is -0.316 e. The normalized spacial score (nSPS) is 17.5. The molecule has 3 heteroatoms. The molecule has 1 aromatic carbocycles. The topological polar surface area (TPSA) is 12.0 Å². The molecule has 0 radical (unpaired) electrons. The molecule has 1 aliphatic carbocycles. The third-order valence-corrected chi connectivity index (χ3v) is 3.68. The first-order valence-corrected chi connectivity index (χ1v) is 6.57. The first kappa shape index (κ1) is 12.8. The zero-order chi connectivity index (χ0) is 12.5. The Morgan fingerprint density at radius 2 is 2.12 bits per heavy atom. The van der Waals surface area contributed by atoms with Crippen LogP contribution in [0.2, 0.25) is 5.02 Å². The molecule has 0 spiro atoms. The second-order valence-corrected chi connectivity index (χ2v) is 5.84. The Kier molecular flexibility index (Phi) is 3.74. The molecule has 1 aromatic rings. The van der Waals surface area contributed by atoms with Gasteiger partial charge in [0.15, 0.2) is 0 Å². The molecule has 0 aromatic heterocycles. The third kappa shape index (κ3) is 2.99. The molecule has 17 heavy (non-hydrogen) atoms. The monoisotopic (exact) mass is 255 g/mol. The average Bonchev–Trinajstić information content (AvgIpc) is 2.98. The molecule has 0 bridgehead atoms. The molecule has 1 fully saturated rings. The molecule has 0 atom stereocenters. The molecule has 0 amide bonds. The van der Waals surface area contributed by atoms with Gasteiger partial charge in [-0.15, -0.1) is 0 Å². The van der Waals surface area contributed by atoms with Gasteiger partial charge in [0.2, 0.25) is 0 Å². The third-order valence-electron chi connectivity index (χ3n) is 3.37. The van der Waals surface area contributed by atoms with Crippen molar-refractivity contribution in [3.8, 4) is 0 Å². The van der Waals surface area contributed by atoms with Crippen LogP contribution in [0.15, 0.2) is 18.2 Å². The van der Waals surface area contributed by atoms with E-state index in [0.717, 1.165) is 31.5 Å². The van der Waals surface area contributed by atoms with Crippen LogP contribution in [0.4, 0.5) is 4.39 Å². The van der Waals surface area contributed by atoms with Crippen LogP contribution in [-0.4, -0.2) is 13.1 Å². The molecule has 0 saturated heterocycles. The summed E-state index contributed by atoms with van der Waals surface area (Å²) in [6, 6.07) is 4.75. The second kappa shape index (κ2) is 4.95. The standard InChI is InChI=1S/C14H19ClFN/c1-10(2)8-17-9-14(5-6-14)12-4-3-11(16)7-13(12)15/h3-4,7,10,17H,5-6,8-9H2,1-2H3. The van der Waals surface area contributed by atoms with Gasteiger partial charge in [-0.2, -0.15) is 0 Å². The second-order valence-electron chi connectivity index (χ2n) is 5.43. The summed E-state index contributed by atoms with van der Waals surface area (Å²) in [6.45, 7) is 6.34. The average molecular weight is 256 g/mol. The van der Waals surface area contributed by atoms with E-state index >= 15 is 0 Å². The molecule has 1 aliphatic rings. The van der Waals surface area contributed by atoms with Crippen molar-refractivity contribution in [2.45, 2.75) is 32.1 Å². The van der Waals surface area contributed by atoms with Gasteiger partial charge in [-0.3, -0.25) is 0 Å². The van der Waals surface area contributed by atoms with Crippen molar-refractivity contribution in [1.29, 1.82) is 0 Å². The molecular weight excluding hydrogens is 237 g/mol. The van der Waals surface area contributed by atoms with Crippen LogP contribution < -0.4 is 5.32 Å². The van der Waals surface area contributed by atoms with Crippen molar-refractivity contribution in [1.82, 2.24) is 5.32 Å². The summed E-state index contributed by atoms with van der Waals surface area (Å²) in [6.07, 6.45) is 2.28. The zero-order valence-electron chi connectivity index (χ0n) is 10.4. The lowest BCUT2D eigenvalue weighted by molar-refractivity contribution is 0.508. The molecule has 1 N–H and O–H groups in total. The van der Waals surface area contributed by atoms with E-state index in [-0.39, 0.29) is 11.2 Å². The van der Waals surface area contributed by atoms with Crippen molar-refractivity contribution < 1.29 is 4.39 Å². The van der Waals surface area contributed by atoms with E-state index in [4.69, 9.17) is 11.6 Å². The van der Waals surface area contributed by atoms with E-state index in [2.05, 4.69) is 19.2 Å². The van der Waals surface area contributed by atoms with Gasteiger partial charge in [-0.05, 0) is 43.0 Å². The summed E-state index contributed by atoms with van der Waals surface area (Å²) in [5.74, 6) is 0.388. The van der Waals surface area contributed by atoms with Crippen LogP contribution in [0.1, 0.15) is 32.3 Å². The quantitative estimate of drug-likeness (QED) is 0.845. The Hall–Kier alpha value is -0.600. The number of hydrogen-bond acceptors (Lipinski definition) is 1. The van der Waals surface area contributed by atoms with E-state index < -0.39 is 0 Å². The lowest BCUT2D eigenvalue weighted by Gasteiger charge is -2.19. The van der Waals surface area contributed by atoms with E-state index in [1.165, 1.54) is 12.1 Å². The molecule has 0 aliphatic heterocycles. The summed E-state index contributed by atoms with van der Waals surface area (Å²) in [4.78, 5) is 0. The van der Waals surface area contributed by atoms with Gasteiger partial charge in [0.05, 0.1) is 0 Å². The fourth-order valence-electron chi connectivity index (χ4n) is 2.21. The molecular formula is C14H19ClFN. The van der Waals surface area contributed by atoms with Crippen LogP contribution in [-0.2, 0) is 5.41 Å². The molecule has 0 heterocycles. The van der Waals surface area contributed by atoms with Crippen molar-refractivity contribution in [3.63, 3.8) is 0 Å². The lowest BCUT2D eigenvalue weighted by Crippen LogP contribution is -2.30. The molecule has 2 rings (SSSR count). The van der Waals surface area contributed by atoms with Crippen LogP contribution in [0.3, 0.4) is 0 Å². The fourth-order valence-corrected chi connectivity index (χ4v) is 2.58. The lowest BCUT2D eigenvalue weighted by atomic mass is 9.95. The Bertz CT molecular complexity index is 399. The summed E-state index contributed by atoms with van der Waals surface area (Å²) < 4.78 is 13.0. The first-order chi connectivity index (χ1) is 8.03. The maximum absolute atomic E-state index is 13.0. The van der Waals surface area contributed by atoms with Crippen molar-refractivity contribution in [3.05, 3.63) is 34.6 Å². The highest BCUT2D eigenvalue weighted by atomic mass is 35.5. The van der Waals surface area contributed by atoms with Crippen molar-refractivity contribution in [2.75, 3.05) is 13.1 Å². The molecule has 1 saturated carbocycles. The SMILES string of the molecule is CC(C)CNCC1(c2ccc(F)cc2Cl)CC1. The Morgan fingerprint density at radius 1 is 1.41 bits per heavy atom. The summed E-state index contributed by atoms with van der Waals surface area (Å²) >= 11 is 6.13. The van der Waals surface area contributed by atoms with Crippen molar-refractivity contribution in [2.24, 2.45) is 5.92 Å². The van der Waals surface area contributed by atoms with Gasteiger partial charge in [0, 0.05) is 17.0 Å². The van der Waals surface area contributed by atoms with Gasteiger partial charge in [0.25, 0.3) is 0 Å². The first-order valence-electron chi connectivity index (χ1n) is 6.20. The maximum Gasteiger partial charge on any atom is 0.124 e. The number of nitrogens with one attached hydrogen (secondary N) is 1. The highest BCUT2D eigenvalue weighted by Crippen LogP contribution is 2.50. The highest BCUT2D eigenvalue weighted by molar-refractivity contribution is 6.31. The predicted octanol–water partition coefficient (Wildman–Crippen LogP) is 3.76. The molecule has 94 valence electrons. The Balaban J connectivity index is 2.05. The van der Waals surface area contributed by atoms with E-state index in [9.17, 15) is 4.39 Å². The number of benzene rings is 1. The van der Waals surface area contributed by atoms with Gasteiger partial charge in [-0.1, -0.05) is 31.5 Å². The van der Waals surface area contributed by atoms with E-state index in [0.29, 0.717) is 10.9 Å². The van der Waals surface area contributed by atoms with E-state index in [1.54, 1.807) is 0 Å². The largest absolute Gasteiger partial charge is 0.316 e. The van der Waals surface area contributed by atoms with Crippen LogP contribution in [0.5, 0.6) is 0 Å². The summed E-state index contributed by atoms with van der Waals surface area (Å²) in [5.41, 5.74) is 1.25. The number of rotatable bonds is 5. The van der Waals surface area contributed by atoms with Crippen LogP contribution in [0, 0.1) is 11.7 Å². The van der Waals surface area contributed by atoms with Crippen LogP contribution >= 0.6 is 11.6 Å². The Labute approximate surface area is 107 Å². The molecule has 0 unspecified atom stereocenters. The summed E-state index contributed by atoms with van der Waals surface area (Å²) in [7, 11) is 0. The smallest absolute Gasteiger partial charge is 0.124 e. The van der Waals surface area contributed by atoms with Gasteiger partial charge in [0.1, 0.15) is 5.82 Å². The highest BCUT2D eigenvalue weighted by Gasteiger charge is 2.45. The van der Waals surface area contributed by atoms with E-state index in [1.807, 2.05) is 6.07 Å². The molecule has 1 nitrogen and oxygen atoms in total. The Morgan fingerprint density at radius 3 is 2.65 bits per heavy atom. The predicted molar refractivity (Wildman–Crippen MR) is 70.0 cm³/mol. The minimum atomic E-state index is -0.260. The minimum absolute atomic E-state index is 0.152. The van der Waals surface area contributed by atoms with Gasteiger partial charge in [-0.25, -0.2) is 4.39 Å². The van der Waals surface area contributed by atoms with Gasteiger partial charge >= 0.3 is 0 Å². The van der Waals surface area contributed by atoms with Crippen LogP contribution in [0.25, 0.3) is 0 Å². The number of hydrogen-bond donors (Lipinski definition) is 1. The van der Waals surface area contributed by atoms with Crippen molar-refractivity contribution >= 4 is 11.6 Å². The fraction of sp³-hybridized carbons (Fsp3) is 0.571.